The molecule has 3 heterocycles. The largest absolute Gasteiger partial charge is 0.493 e. The van der Waals surface area contributed by atoms with Gasteiger partial charge in [-0.05, 0) is 30.3 Å². The third kappa shape index (κ3) is 3.20. The monoisotopic (exact) mass is 398 g/mol. The second-order valence-corrected chi connectivity index (χ2v) is 7.99. The molecule has 0 spiro atoms. The van der Waals surface area contributed by atoms with Crippen molar-refractivity contribution in [2.45, 2.75) is 10.9 Å². The molecule has 1 N–H and O–H groups in total. The number of aromatic amines is 1. The van der Waals surface area contributed by atoms with Gasteiger partial charge in [0.05, 0.1) is 25.3 Å². The van der Waals surface area contributed by atoms with Crippen LogP contribution in [0.15, 0.2) is 60.1 Å². The molecule has 8 nitrogen and oxygen atoms in total. The molecule has 0 saturated heterocycles. The van der Waals surface area contributed by atoms with Crippen molar-refractivity contribution in [1.29, 1.82) is 0 Å². The Morgan fingerprint density at radius 3 is 2.61 bits per heavy atom. The summed E-state index contributed by atoms with van der Waals surface area (Å²) in [7, 11) is -0.843. The molecular formula is C19H18N4O4S. The Morgan fingerprint density at radius 2 is 1.89 bits per heavy atom. The molecule has 28 heavy (non-hydrogen) atoms. The average molecular weight is 398 g/mol. The molecule has 9 heteroatoms. The lowest BCUT2D eigenvalue weighted by molar-refractivity contribution is 0.350. The number of rotatable bonds is 6. The molecule has 0 radical (unpaired) electrons. The zero-order valence-corrected chi connectivity index (χ0v) is 16.1. The lowest BCUT2D eigenvalue weighted by Crippen LogP contribution is -2.10. The lowest BCUT2D eigenvalue weighted by Gasteiger charge is -2.11. The smallest absolute Gasteiger partial charge is 0.226 e. The van der Waals surface area contributed by atoms with E-state index in [1.54, 1.807) is 12.1 Å². The lowest BCUT2D eigenvalue weighted by atomic mass is 10.3. The minimum Gasteiger partial charge on any atom is -0.493 e. The Morgan fingerprint density at radius 1 is 1.11 bits per heavy atom. The normalized spacial score (nSPS) is 11.6. The van der Waals surface area contributed by atoms with Gasteiger partial charge in [0.15, 0.2) is 11.5 Å². The molecule has 0 saturated carbocycles. The predicted molar refractivity (Wildman–Crippen MR) is 104 cm³/mol. The van der Waals surface area contributed by atoms with Crippen LogP contribution in [0.1, 0.15) is 5.69 Å². The number of H-pyrrole nitrogens is 1. The zero-order chi connectivity index (χ0) is 19.7. The van der Waals surface area contributed by atoms with Crippen molar-refractivity contribution in [3.8, 4) is 17.2 Å². The Balaban J connectivity index is 1.71. The summed E-state index contributed by atoms with van der Waals surface area (Å²) in [5.41, 5.74) is 2.36. The van der Waals surface area contributed by atoms with E-state index in [2.05, 4.69) is 15.0 Å². The number of ether oxygens (including phenoxy) is 2. The van der Waals surface area contributed by atoms with Crippen LogP contribution >= 0.6 is 0 Å². The summed E-state index contributed by atoms with van der Waals surface area (Å²) < 4.78 is 38.2. The zero-order valence-electron chi connectivity index (χ0n) is 15.3. The van der Waals surface area contributed by atoms with Crippen LogP contribution in [0.5, 0.6) is 11.5 Å². The quantitative estimate of drug-likeness (QED) is 0.536. The predicted octanol–water partition coefficient (Wildman–Crippen LogP) is 2.74. The number of fused-ring (bicyclic) bond motifs is 1. The van der Waals surface area contributed by atoms with E-state index in [1.807, 2.05) is 41.2 Å². The van der Waals surface area contributed by atoms with Gasteiger partial charge in [-0.15, -0.1) is 0 Å². The van der Waals surface area contributed by atoms with E-state index in [0.717, 1.165) is 5.69 Å². The van der Waals surface area contributed by atoms with Gasteiger partial charge in [0.1, 0.15) is 11.4 Å². The average Bonchev–Trinajstić information content (AvgIpc) is 3.36. The molecule has 0 aliphatic carbocycles. The van der Waals surface area contributed by atoms with Crippen molar-refractivity contribution >= 4 is 20.9 Å². The van der Waals surface area contributed by atoms with Crippen LogP contribution in [-0.4, -0.2) is 42.2 Å². The van der Waals surface area contributed by atoms with E-state index in [4.69, 9.17) is 9.47 Å². The van der Waals surface area contributed by atoms with Crippen molar-refractivity contribution in [2.24, 2.45) is 0 Å². The number of nitrogens with zero attached hydrogens (tertiary/aromatic N) is 3. The maximum absolute atomic E-state index is 12.9. The molecule has 1 aromatic carbocycles. The van der Waals surface area contributed by atoms with E-state index < -0.39 is 9.84 Å². The van der Waals surface area contributed by atoms with Crippen LogP contribution in [0.25, 0.3) is 16.7 Å². The first kappa shape index (κ1) is 18.1. The van der Waals surface area contributed by atoms with E-state index >= 15 is 0 Å². The van der Waals surface area contributed by atoms with Crippen LogP contribution in [0.3, 0.4) is 0 Å². The van der Waals surface area contributed by atoms with Crippen LogP contribution in [-0.2, 0) is 15.6 Å². The molecule has 0 fully saturated rings. The number of hydrogen-bond acceptors (Lipinski definition) is 6. The summed E-state index contributed by atoms with van der Waals surface area (Å²) >= 11 is 0. The Labute approximate surface area is 161 Å². The highest BCUT2D eigenvalue weighted by molar-refractivity contribution is 7.90. The molecule has 3 aromatic heterocycles. The number of imidazole rings is 1. The fourth-order valence-electron chi connectivity index (χ4n) is 2.99. The van der Waals surface area contributed by atoms with Crippen molar-refractivity contribution in [3.05, 3.63) is 60.7 Å². The number of hydrogen-bond donors (Lipinski definition) is 1. The van der Waals surface area contributed by atoms with Gasteiger partial charge in [-0.25, -0.2) is 13.4 Å². The standard InChI is InChI=1S/C19H18N4O4S/c1-26-17-7-8-20-16(18(17)27-2)12-28(24,25)19-21-14-6-5-13(11-15(14)22-19)23-9-3-4-10-23/h3-11H,12H2,1-2H3,(H,21,22). The first-order valence-electron chi connectivity index (χ1n) is 8.43. The van der Waals surface area contributed by atoms with Crippen molar-refractivity contribution in [3.63, 3.8) is 0 Å². The highest BCUT2D eigenvalue weighted by atomic mass is 32.2. The summed E-state index contributed by atoms with van der Waals surface area (Å²) in [5, 5.41) is -0.112. The van der Waals surface area contributed by atoms with Crippen LogP contribution < -0.4 is 9.47 Å². The first-order valence-corrected chi connectivity index (χ1v) is 10.1. The van der Waals surface area contributed by atoms with Crippen molar-refractivity contribution < 1.29 is 17.9 Å². The molecule has 0 amide bonds. The third-order valence-corrected chi connectivity index (χ3v) is 5.77. The topological polar surface area (TPSA) is 99.1 Å². The molecule has 0 bridgehead atoms. The van der Waals surface area contributed by atoms with E-state index in [1.165, 1.54) is 20.4 Å². The van der Waals surface area contributed by atoms with E-state index in [0.29, 0.717) is 22.5 Å². The molecule has 0 aliphatic rings. The second kappa shape index (κ2) is 7.01. The van der Waals surface area contributed by atoms with Crippen molar-refractivity contribution in [1.82, 2.24) is 19.5 Å². The summed E-state index contributed by atoms with van der Waals surface area (Å²) in [4.78, 5) is 11.3. The maximum Gasteiger partial charge on any atom is 0.226 e. The maximum atomic E-state index is 12.9. The molecule has 0 aliphatic heterocycles. The van der Waals surface area contributed by atoms with Gasteiger partial charge < -0.3 is 19.0 Å². The Bertz CT molecular complexity index is 1230. The minimum atomic E-state index is -3.77. The number of pyridine rings is 1. The Kier molecular flexibility index (Phi) is 4.52. The number of nitrogens with one attached hydrogen (secondary N) is 1. The van der Waals surface area contributed by atoms with Crippen LogP contribution in [0.2, 0.25) is 0 Å². The Hall–Kier alpha value is -3.33. The number of sulfone groups is 1. The molecule has 0 atom stereocenters. The van der Waals surface area contributed by atoms with Gasteiger partial charge >= 0.3 is 0 Å². The van der Waals surface area contributed by atoms with Crippen LogP contribution in [0, 0.1) is 0 Å². The van der Waals surface area contributed by atoms with Crippen molar-refractivity contribution in [2.75, 3.05) is 14.2 Å². The number of methoxy groups -OCH3 is 2. The molecule has 144 valence electrons. The van der Waals surface area contributed by atoms with Crippen LogP contribution in [0.4, 0.5) is 0 Å². The summed E-state index contributed by atoms with van der Waals surface area (Å²) in [5.74, 6) is 0.348. The summed E-state index contributed by atoms with van der Waals surface area (Å²) in [6, 6.07) is 11.0. The van der Waals surface area contributed by atoms with Gasteiger partial charge in [-0.2, -0.15) is 0 Å². The number of aromatic nitrogens is 4. The second-order valence-electron chi connectivity index (χ2n) is 6.09. The summed E-state index contributed by atoms with van der Waals surface area (Å²) in [6.45, 7) is 0. The SMILES string of the molecule is COc1ccnc(CS(=O)(=O)c2nc3cc(-n4cccc4)ccc3[nH]2)c1OC. The van der Waals surface area contributed by atoms with Gasteiger partial charge in [0.25, 0.3) is 0 Å². The fraction of sp³-hybridized carbons (Fsp3) is 0.158. The van der Waals surface area contributed by atoms with Gasteiger partial charge in [0.2, 0.25) is 15.0 Å². The summed E-state index contributed by atoms with van der Waals surface area (Å²) in [6.07, 6.45) is 5.30. The third-order valence-electron chi connectivity index (χ3n) is 4.34. The fourth-order valence-corrected chi connectivity index (χ4v) is 4.19. The highest BCUT2D eigenvalue weighted by Gasteiger charge is 2.24. The van der Waals surface area contributed by atoms with E-state index in [9.17, 15) is 8.42 Å². The molecule has 0 unspecified atom stereocenters. The highest BCUT2D eigenvalue weighted by Crippen LogP contribution is 2.31. The van der Waals surface area contributed by atoms with E-state index in [-0.39, 0.29) is 16.6 Å². The van der Waals surface area contributed by atoms with Gasteiger partial charge in [-0.1, -0.05) is 0 Å². The molecule has 4 rings (SSSR count). The number of benzene rings is 1. The minimum absolute atomic E-state index is 0.112. The van der Waals surface area contributed by atoms with Gasteiger partial charge in [-0.3, -0.25) is 4.98 Å². The first-order chi connectivity index (χ1) is 13.5. The van der Waals surface area contributed by atoms with Gasteiger partial charge in [0, 0.05) is 30.3 Å². The molecular weight excluding hydrogens is 380 g/mol. The molecule has 4 aromatic rings.